The average Bonchev–Trinajstić information content (AvgIpc) is 2.86. The van der Waals surface area contributed by atoms with Crippen LogP contribution in [0.2, 0.25) is 0 Å². The quantitative estimate of drug-likeness (QED) is 0.864. The van der Waals surface area contributed by atoms with Crippen molar-refractivity contribution >= 4 is 27.3 Å². The fourth-order valence-electron chi connectivity index (χ4n) is 2.77. The summed E-state index contributed by atoms with van der Waals surface area (Å²) in [6.45, 7) is 2.96. The van der Waals surface area contributed by atoms with Gasteiger partial charge in [-0.2, -0.15) is 0 Å². The lowest BCUT2D eigenvalue weighted by Crippen LogP contribution is -2.34. The molecule has 1 aromatic rings. The predicted molar refractivity (Wildman–Crippen MR) is 83.5 cm³/mol. The molecule has 1 aromatic heterocycles. The van der Waals surface area contributed by atoms with Crippen LogP contribution in [0, 0.1) is 11.8 Å². The highest BCUT2D eigenvalue weighted by Crippen LogP contribution is 2.29. The molecule has 21 heavy (non-hydrogen) atoms. The third kappa shape index (κ3) is 4.79. The number of amides is 1. The highest BCUT2D eigenvalue weighted by atomic mass is 32.2. The van der Waals surface area contributed by atoms with E-state index in [1.807, 2.05) is 0 Å². The molecular formula is C14H22N2O3S2. The first-order valence-electron chi connectivity index (χ1n) is 7.24. The minimum Gasteiger partial charge on any atom is -0.356 e. The van der Waals surface area contributed by atoms with Crippen LogP contribution in [-0.4, -0.2) is 20.9 Å². The summed E-state index contributed by atoms with van der Waals surface area (Å²) < 4.78 is 22.5. The Labute approximate surface area is 130 Å². The van der Waals surface area contributed by atoms with Gasteiger partial charge in [0.15, 0.2) is 0 Å². The Morgan fingerprint density at radius 2 is 2.10 bits per heavy atom. The molecule has 1 fully saturated rings. The lowest BCUT2D eigenvalue weighted by molar-refractivity contribution is -0.120. The molecule has 3 N–H and O–H groups in total. The zero-order valence-corrected chi connectivity index (χ0v) is 13.8. The molecule has 7 heteroatoms. The van der Waals surface area contributed by atoms with E-state index in [9.17, 15) is 13.2 Å². The lowest BCUT2D eigenvalue weighted by atomic mass is 9.80. The topological polar surface area (TPSA) is 89.3 Å². The molecule has 1 aliphatic rings. The van der Waals surface area contributed by atoms with E-state index in [0.717, 1.165) is 11.3 Å². The van der Waals surface area contributed by atoms with Gasteiger partial charge in [-0.1, -0.05) is 26.2 Å². The smallest absolute Gasteiger partial charge is 0.247 e. The fraction of sp³-hybridized carbons (Fsp3) is 0.643. The number of nitrogens with two attached hydrogens (primary N) is 1. The number of thiophene rings is 1. The van der Waals surface area contributed by atoms with E-state index in [4.69, 9.17) is 5.14 Å². The summed E-state index contributed by atoms with van der Waals surface area (Å²) in [5, 5.41) is 8.02. The van der Waals surface area contributed by atoms with Crippen LogP contribution in [0.3, 0.4) is 0 Å². The van der Waals surface area contributed by atoms with Crippen molar-refractivity contribution < 1.29 is 13.2 Å². The van der Waals surface area contributed by atoms with E-state index in [0.29, 0.717) is 23.3 Å². The maximum Gasteiger partial charge on any atom is 0.247 e. The highest BCUT2D eigenvalue weighted by molar-refractivity contribution is 7.91. The van der Waals surface area contributed by atoms with Gasteiger partial charge in [-0.3, -0.25) is 4.79 Å². The molecule has 2 rings (SSSR count). The molecule has 1 heterocycles. The second-order valence-corrected chi connectivity index (χ2v) is 8.73. The first kappa shape index (κ1) is 16.5. The molecule has 1 aliphatic carbocycles. The van der Waals surface area contributed by atoms with Gasteiger partial charge in [-0.25, -0.2) is 13.6 Å². The monoisotopic (exact) mass is 330 g/mol. The van der Waals surface area contributed by atoms with Crippen LogP contribution in [0.4, 0.5) is 0 Å². The van der Waals surface area contributed by atoms with Crippen LogP contribution in [-0.2, 0) is 21.2 Å². The van der Waals surface area contributed by atoms with E-state index >= 15 is 0 Å². The summed E-state index contributed by atoms with van der Waals surface area (Å²) in [5.41, 5.74) is 0. The first-order valence-corrected chi connectivity index (χ1v) is 9.61. The fourth-order valence-corrected chi connectivity index (χ4v) is 4.55. The second kappa shape index (κ2) is 6.89. The molecule has 5 nitrogen and oxygen atoms in total. The van der Waals surface area contributed by atoms with Gasteiger partial charge in [0, 0.05) is 11.4 Å². The molecule has 0 saturated heterocycles. The number of hydrogen-bond donors (Lipinski definition) is 2. The third-order valence-corrected chi connectivity index (χ3v) is 6.63. The van der Waals surface area contributed by atoms with Crippen molar-refractivity contribution in [1.82, 2.24) is 5.32 Å². The Hall–Kier alpha value is -0.920. The van der Waals surface area contributed by atoms with Crippen molar-refractivity contribution in [3.8, 4) is 0 Å². The Bertz CT molecular complexity index is 595. The maximum absolute atomic E-state index is 11.9. The Balaban J connectivity index is 1.83. The van der Waals surface area contributed by atoms with E-state index in [2.05, 4.69) is 12.2 Å². The summed E-state index contributed by atoms with van der Waals surface area (Å²) in [6, 6.07) is 3.10. The molecule has 1 saturated carbocycles. The number of primary sulfonamides is 1. The van der Waals surface area contributed by atoms with E-state index in [1.165, 1.54) is 31.7 Å². The SMILES string of the molecule is CC1CCCCC1CNC(=O)Cc1ccc(S(N)(=O)=O)s1. The third-order valence-electron chi connectivity index (χ3n) is 4.10. The first-order chi connectivity index (χ1) is 9.86. The summed E-state index contributed by atoms with van der Waals surface area (Å²) in [4.78, 5) is 12.7. The second-order valence-electron chi connectivity index (χ2n) is 5.77. The minimum absolute atomic E-state index is 0.0596. The Morgan fingerprint density at radius 1 is 1.38 bits per heavy atom. The summed E-state index contributed by atoms with van der Waals surface area (Å²) in [5.74, 6) is 1.16. The van der Waals surface area contributed by atoms with Gasteiger partial charge < -0.3 is 5.32 Å². The van der Waals surface area contributed by atoms with E-state index in [-0.39, 0.29) is 16.5 Å². The molecule has 0 bridgehead atoms. The Morgan fingerprint density at radius 3 is 2.71 bits per heavy atom. The number of carbonyl (C=O) groups is 1. The van der Waals surface area contributed by atoms with Crippen molar-refractivity contribution in [2.45, 2.75) is 43.2 Å². The van der Waals surface area contributed by atoms with Crippen molar-refractivity contribution in [2.24, 2.45) is 17.0 Å². The average molecular weight is 330 g/mol. The number of carbonyl (C=O) groups excluding carboxylic acids is 1. The van der Waals surface area contributed by atoms with Crippen molar-refractivity contribution in [3.05, 3.63) is 17.0 Å². The number of hydrogen-bond acceptors (Lipinski definition) is 4. The van der Waals surface area contributed by atoms with Crippen molar-refractivity contribution in [2.75, 3.05) is 6.54 Å². The molecular weight excluding hydrogens is 308 g/mol. The number of nitrogens with one attached hydrogen (secondary N) is 1. The van der Waals surface area contributed by atoms with Gasteiger partial charge >= 0.3 is 0 Å². The predicted octanol–water partition coefficient (Wildman–Crippen LogP) is 1.88. The molecule has 118 valence electrons. The molecule has 0 spiro atoms. The number of rotatable bonds is 5. The standard InChI is InChI=1S/C14H22N2O3S2/c1-10-4-2-3-5-11(10)9-16-13(17)8-12-6-7-14(20-12)21(15,18)19/h6-7,10-11H,2-5,8-9H2,1H3,(H,16,17)(H2,15,18,19). The molecule has 0 aromatic carbocycles. The van der Waals surface area contributed by atoms with Crippen LogP contribution in [0.25, 0.3) is 0 Å². The largest absolute Gasteiger partial charge is 0.356 e. The zero-order chi connectivity index (χ0) is 15.5. The van der Waals surface area contributed by atoms with Gasteiger partial charge in [0.05, 0.1) is 6.42 Å². The van der Waals surface area contributed by atoms with Crippen molar-refractivity contribution in [1.29, 1.82) is 0 Å². The van der Waals surface area contributed by atoms with Gasteiger partial charge in [0.25, 0.3) is 0 Å². The Kier molecular flexibility index (Phi) is 5.40. The van der Waals surface area contributed by atoms with Crippen LogP contribution in [0.15, 0.2) is 16.3 Å². The van der Waals surface area contributed by atoms with Crippen LogP contribution in [0.5, 0.6) is 0 Å². The van der Waals surface area contributed by atoms with Crippen molar-refractivity contribution in [3.63, 3.8) is 0 Å². The normalized spacial score (nSPS) is 23.0. The molecule has 1 amide bonds. The van der Waals surface area contributed by atoms with E-state index in [1.54, 1.807) is 6.07 Å². The van der Waals surface area contributed by atoms with Gasteiger partial charge in [0.1, 0.15) is 4.21 Å². The highest BCUT2D eigenvalue weighted by Gasteiger charge is 2.21. The minimum atomic E-state index is -3.67. The van der Waals surface area contributed by atoms with Crippen LogP contribution < -0.4 is 10.5 Å². The summed E-state index contributed by atoms with van der Waals surface area (Å²) in [7, 11) is -3.67. The molecule has 0 radical (unpaired) electrons. The summed E-state index contributed by atoms with van der Waals surface area (Å²) in [6.07, 6.45) is 5.16. The molecule has 2 unspecified atom stereocenters. The van der Waals surface area contributed by atoms with Crippen LogP contribution in [0.1, 0.15) is 37.5 Å². The molecule has 0 aliphatic heterocycles. The van der Waals surface area contributed by atoms with Gasteiger partial charge in [-0.05, 0) is 30.4 Å². The van der Waals surface area contributed by atoms with E-state index < -0.39 is 10.0 Å². The summed E-state index contributed by atoms with van der Waals surface area (Å²) >= 11 is 1.06. The number of sulfonamides is 1. The van der Waals surface area contributed by atoms with Gasteiger partial charge in [-0.15, -0.1) is 11.3 Å². The zero-order valence-electron chi connectivity index (χ0n) is 12.2. The van der Waals surface area contributed by atoms with Crippen LogP contribution >= 0.6 is 11.3 Å². The molecule has 2 atom stereocenters. The maximum atomic E-state index is 11.9. The van der Waals surface area contributed by atoms with Gasteiger partial charge in [0.2, 0.25) is 15.9 Å². The lowest BCUT2D eigenvalue weighted by Gasteiger charge is -2.28.